The Labute approximate surface area is 145 Å². The van der Waals surface area contributed by atoms with Gasteiger partial charge in [-0.05, 0) is 56.8 Å². The number of benzene rings is 1. The average Bonchev–Trinajstić information content (AvgIpc) is 2.85. The first-order valence-corrected chi connectivity index (χ1v) is 9.32. The highest BCUT2D eigenvalue weighted by Gasteiger charge is 2.32. The third-order valence-electron chi connectivity index (χ3n) is 5.69. The molecule has 0 spiro atoms. The summed E-state index contributed by atoms with van der Waals surface area (Å²) in [4.78, 5) is 17.3. The summed E-state index contributed by atoms with van der Waals surface area (Å²) in [5, 5.41) is 0. The van der Waals surface area contributed by atoms with Gasteiger partial charge < -0.3 is 9.64 Å². The van der Waals surface area contributed by atoms with Gasteiger partial charge in [0, 0.05) is 13.1 Å². The molecule has 2 fully saturated rings. The second-order valence-electron chi connectivity index (χ2n) is 7.19. The molecule has 0 aliphatic carbocycles. The Morgan fingerprint density at radius 2 is 1.79 bits per heavy atom. The van der Waals surface area contributed by atoms with Gasteiger partial charge in [-0.25, -0.2) is 0 Å². The number of rotatable bonds is 3. The number of likely N-dealkylation sites (N-methyl/N-ethyl adjacent to an activating group) is 1. The number of carbonyl (C=O) groups excluding carboxylic acids is 1. The molecule has 2 saturated heterocycles. The summed E-state index contributed by atoms with van der Waals surface area (Å²) in [6, 6.07) is 8.39. The van der Waals surface area contributed by atoms with Crippen molar-refractivity contribution in [3.05, 3.63) is 29.8 Å². The maximum absolute atomic E-state index is 12.9. The summed E-state index contributed by atoms with van der Waals surface area (Å²) in [5.41, 5.74) is 1.29. The quantitative estimate of drug-likeness (QED) is 0.853. The molecule has 24 heavy (non-hydrogen) atoms. The van der Waals surface area contributed by atoms with Gasteiger partial charge in [0.05, 0.1) is 13.2 Å². The van der Waals surface area contributed by atoms with Crippen molar-refractivity contribution >= 4 is 5.91 Å². The molecule has 4 nitrogen and oxygen atoms in total. The predicted molar refractivity (Wildman–Crippen MR) is 96.4 cm³/mol. The molecule has 0 saturated carbocycles. The van der Waals surface area contributed by atoms with Crippen LogP contribution in [0, 0.1) is 0 Å². The van der Waals surface area contributed by atoms with Crippen LogP contribution < -0.4 is 4.74 Å². The van der Waals surface area contributed by atoms with Crippen molar-refractivity contribution in [2.24, 2.45) is 0 Å². The lowest BCUT2D eigenvalue weighted by Gasteiger charge is -2.36. The summed E-state index contributed by atoms with van der Waals surface area (Å²) in [5.74, 6) is 1.82. The van der Waals surface area contributed by atoms with Crippen LogP contribution in [0.3, 0.4) is 0 Å². The molecule has 4 heteroatoms. The van der Waals surface area contributed by atoms with Crippen LogP contribution in [0.25, 0.3) is 0 Å². The number of ether oxygens (including phenoxy) is 1. The van der Waals surface area contributed by atoms with Gasteiger partial charge in [0.15, 0.2) is 0 Å². The van der Waals surface area contributed by atoms with Crippen molar-refractivity contribution < 1.29 is 9.53 Å². The Morgan fingerprint density at radius 1 is 1.04 bits per heavy atom. The van der Waals surface area contributed by atoms with E-state index in [0.29, 0.717) is 11.8 Å². The average molecular weight is 330 g/mol. The molecule has 2 aliphatic heterocycles. The van der Waals surface area contributed by atoms with Crippen molar-refractivity contribution in [3.8, 4) is 5.75 Å². The Hall–Kier alpha value is -1.55. The lowest BCUT2D eigenvalue weighted by molar-refractivity contribution is -0.137. The van der Waals surface area contributed by atoms with Gasteiger partial charge in [-0.1, -0.05) is 31.0 Å². The number of para-hydroxylation sites is 1. The minimum Gasteiger partial charge on any atom is -0.496 e. The lowest BCUT2D eigenvalue weighted by atomic mass is 9.88. The molecule has 1 aromatic carbocycles. The molecule has 1 atom stereocenters. The number of amides is 1. The van der Waals surface area contributed by atoms with E-state index >= 15 is 0 Å². The molecule has 0 radical (unpaired) electrons. The van der Waals surface area contributed by atoms with Crippen LogP contribution in [0.4, 0.5) is 0 Å². The largest absolute Gasteiger partial charge is 0.496 e. The van der Waals surface area contributed by atoms with Gasteiger partial charge >= 0.3 is 0 Å². The van der Waals surface area contributed by atoms with Crippen molar-refractivity contribution in [2.45, 2.75) is 50.5 Å². The third-order valence-corrected chi connectivity index (χ3v) is 5.69. The molecule has 0 bridgehead atoms. The topological polar surface area (TPSA) is 32.8 Å². The van der Waals surface area contributed by atoms with Gasteiger partial charge in [-0.2, -0.15) is 0 Å². The number of hydrogen-bond acceptors (Lipinski definition) is 3. The highest BCUT2D eigenvalue weighted by Crippen LogP contribution is 2.34. The second-order valence-corrected chi connectivity index (χ2v) is 7.19. The molecular weight excluding hydrogens is 300 g/mol. The van der Waals surface area contributed by atoms with Crippen molar-refractivity contribution in [1.82, 2.24) is 9.80 Å². The molecule has 1 unspecified atom stereocenters. The van der Waals surface area contributed by atoms with Gasteiger partial charge in [-0.3, -0.25) is 9.69 Å². The number of likely N-dealkylation sites (tertiary alicyclic amines) is 2. The van der Waals surface area contributed by atoms with Crippen LogP contribution in [-0.2, 0) is 4.79 Å². The van der Waals surface area contributed by atoms with Crippen LogP contribution in [0.15, 0.2) is 24.3 Å². The monoisotopic (exact) mass is 330 g/mol. The zero-order chi connectivity index (χ0) is 16.9. The van der Waals surface area contributed by atoms with E-state index in [-0.39, 0.29) is 6.04 Å². The lowest BCUT2D eigenvalue weighted by Crippen LogP contribution is -2.49. The molecule has 132 valence electrons. The minimum absolute atomic E-state index is 0.0929. The summed E-state index contributed by atoms with van der Waals surface area (Å²) in [6.07, 6.45) is 6.73. The fourth-order valence-corrected chi connectivity index (χ4v) is 4.19. The van der Waals surface area contributed by atoms with Crippen LogP contribution in [0.1, 0.15) is 50.0 Å². The SMILES string of the molecule is COc1ccccc1C1CCN(C(=O)C2CCCCCN2C)CC1. The van der Waals surface area contributed by atoms with E-state index in [1.54, 1.807) is 7.11 Å². The standard InChI is InChI=1S/C20H30N2O2/c1-21-13-7-3-4-9-18(21)20(23)22-14-11-16(12-15-22)17-8-5-6-10-19(17)24-2/h5-6,8,10,16,18H,3-4,7,9,11-15H2,1-2H3. The maximum atomic E-state index is 12.9. The zero-order valence-corrected chi connectivity index (χ0v) is 15.0. The van der Waals surface area contributed by atoms with Crippen LogP contribution in [0.5, 0.6) is 5.75 Å². The normalized spacial score (nSPS) is 23.8. The molecule has 1 aromatic rings. The van der Waals surface area contributed by atoms with E-state index in [9.17, 15) is 4.79 Å². The summed E-state index contributed by atoms with van der Waals surface area (Å²) < 4.78 is 5.51. The van der Waals surface area contributed by atoms with Crippen LogP contribution in [0.2, 0.25) is 0 Å². The maximum Gasteiger partial charge on any atom is 0.239 e. The zero-order valence-electron chi connectivity index (χ0n) is 15.0. The Kier molecular flexibility index (Phi) is 5.77. The summed E-state index contributed by atoms with van der Waals surface area (Å²) in [7, 11) is 3.84. The minimum atomic E-state index is 0.0929. The highest BCUT2D eigenvalue weighted by molar-refractivity contribution is 5.82. The van der Waals surface area contributed by atoms with Crippen molar-refractivity contribution in [3.63, 3.8) is 0 Å². The van der Waals surface area contributed by atoms with Crippen molar-refractivity contribution in [2.75, 3.05) is 33.8 Å². The Balaban J connectivity index is 1.61. The highest BCUT2D eigenvalue weighted by atomic mass is 16.5. The Morgan fingerprint density at radius 3 is 2.54 bits per heavy atom. The molecule has 0 N–H and O–H groups in total. The number of hydrogen-bond donors (Lipinski definition) is 0. The number of methoxy groups -OCH3 is 1. The van der Waals surface area contributed by atoms with Crippen molar-refractivity contribution in [1.29, 1.82) is 0 Å². The molecular formula is C20H30N2O2. The van der Waals surface area contributed by atoms with Gasteiger partial charge in [-0.15, -0.1) is 0 Å². The fourth-order valence-electron chi connectivity index (χ4n) is 4.19. The number of nitrogens with zero attached hydrogens (tertiary/aromatic N) is 2. The third kappa shape index (κ3) is 3.75. The fraction of sp³-hybridized carbons (Fsp3) is 0.650. The molecule has 2 heterocycles. The summed E-state index contributed by atoms with van der Waals surface area (Å²) in [6.45, 7) is 2.78. The van der Waals surface area contributed by atoms with Gasteiger partial charge in [0.2, 0.25) is 5.91 Å². The second kappa shape index (κ2) is 8.02. The molecule has 2 aliphatic rings. The van der Waals surface area contributed by atoms with E-state index in [1.165, 1.54) is 24.8 Å². The summed E-state index contributed by atoms with van der Waals surface area (Å²) >= 11 is 0. The van der Waals surface area contributed by atoms with Crippen LogP contribution >= 0.6 is 0 Å². The van der Waals surface area contributed by atoms with E-state index in [2.05, 4.69) is 29.0 Å². The molecule has 0 aromatic heterocycles. The number of piperidine rings is 1. The van der Waals surface area contributed by atoms with Gasteiger partial charge in [0.1, 0.15) is 5.75 Å². The number of carbonyl (C=O) groups is 1. The first kappa shape index (κ1) is 17.3. The molecule has 3 rings (SSSR count). The van der Waals surface area contributed by atoms with Gasteiger partial charge in [0.25, 0.3) is 0 Å². The predicted octanol–water partition coefficient (Wildman–Crippen LogP) is 3.28. The van der Waals surface area contributed by atoms with Crippen LogP contribution in [-0.4, -0.2) is 55.5 Å². The van der Waals surface area contributed by atoms with E-state index in [4.69, 9.17) is 4.74 Å². The molecule has 1 amide bonds. The first-order valence-electron chi connectivity index (χ1n) is 9.32. The smallest absolute Gasteiger partial charge is 0.239 e. The first-order chi connectivity index (χ1) is 11.7. The van der Waals surface area contributed by atoms with E-state index < -0.39 is 0 Å². The Bertz CT molecular complexity index is 552. The van der Waals surface area contributed by atoms with E-state index in [1.807, 2.05) is 12.1 Å². The van der Waals surface area contributed by atoms with E-state index in [0.717, 1.165) is 44.6 Å².